The minimum absolute atomic E-state index is 0.494. The van der Waals surface area contributed by atoms with Crippen LogP contribution < -0.4 is 4.74 Å². The fraction of sp³-hybridized carbons (Fsp3) is 0.684. The van der Waals surface area contributed by atoms with Crippen molar-refractivity contribution >= 4 is 12.6 Å². The Hall–Kier alpha value is -0.630. The lowest BCUT2D eigenvalue weighted by Crippen LogP contribution is -2.42. The molecule has 114 valence electrons. The Labute approximate surface area is 133 Å². The molecular formula is C19H26OS. The fourth-order valence-corrected chi connectivity index (χ4v) is 6.13. The second-order valence-electron chi connectivity index (χ2n) is 7.62. The molecule has 0 amide bonds. The average molecular weight is 302 g/mol. The van der Waals surface area contributed by atoms with E-state index in [1.807, 2.05) is 0 Å². The SMILES string of the molecule is COc1ccc2c(c1)CC[C@@H]1[C@@H]2CC[C@]2(C)C(S)CC[C@@H]12. The van der Waals surface area contributed by atoms with Crippen molar-refractivity contribution in [2.75, 3.05) is 7.11 Å². The lowest BCUT2D eigenvalue weighted by Gasteiger charge is -2.50. The van der Waals surface area contributed by atoms with Crippen LogP contribution in [0.5, 0.6) is 5.75 Å². The summed E-state index contributed by atoms with van der Waals surface area (Å²) in [5.74, 6) is 3.59. The van der Waals surface area contributed by atoms with Crippen LogP contribution in [0.1, 0.15) is 56.1 Å². The molecule has 1 unspecified atom stereocenters. The third kappa shape index (κ3) is 1.98. The van der Waals surface area contributed by atoms with E-state index in [2.05, 4.69) is 25.1 Å². The van der Waals surface area contributed by atoms with Gasteiger partial charge in [-0.1, -0.05) is 13.0 Å². The molecule has 2 fully saturated rings. The van der Waals surface area contributed by atoms with Gasteiger partial charge in [0.15, 0.2) is 0 Å². The van der Waals surface area contributed by atoms with Crippen molar-refractivity contribution in [3.63, 3.8) is 0 Å². The highest BCUT2D eigenvalue weighted by atomic mass is 32.1. The normalized spacial score (nSPS) is 41.1. The highest BCUT2D eigenvalue weighted by molar-refractivity contribution is 7.81. The first-order valence-corrected chi connectivity index (χ1v) is 9.00. The molecule has 0 N–H and O–H groups in total. The van der Waals surface area contributed by atoms with Gasteiger partial charge in [0.1, 0.15) is 5.75 Å². The van der Waals surface area contributed by atoms with Gasteiger partial charge in [0, 0.05) is 5.25 Å². The van der Waals surface area contributed by atoms with Gasteiger partial charge in [0.25, 0.3) is 0 Å². The number of hydrogen-bond acceptors (Lipinski definition) is 2. The predicted molar refractivity (Wildman–Crippen MR) is 90.4 cm³/mol. The third-order valence-electron chi connectivity index (χ3n) is 6.88. The molecule has 4 rings (SSSR count). The quantitative estimate of drug-likeness (QED) is 0.730. The summed E-state index contributed by atoms with van der Waals surface area (Å²) in [6, 6.07) is 6.78. The molecule has 1 aromatic carbocycles. The number of hydrogen-bond donors (Lipinski definition) is 1. The summed E-state index contributed by atoms with van der Waals surface area (Å²) in [4.78, 5) is 0. The second-order valence-corrected chi connectivity index (χ2v) is 8.24. The smallest absolute Gasteiger partial charge is 0.119 e. The molecule has 0 bridgehead atoms. The Morgan fingerprint density at radius 1 is 1.19 bits per heavy atom. The van der Waals surface area contributed by atoms with Crippen LogP contribution in [0.2, 0.25) is 0 Å². The monoisotopic (exact) mass is 302 g/mol. The van der Waals surface area contributed by atoms with Crippen molar-refractivity contribution in [1.29, 1.82) is 0 Å². The molecule has 2 saturated carbocycles. The van der Waals surface area contributed by atoms with Gasteiger partial charge in [-0.25, -0.2) is 0 Å². The Morgan fingerprint density at radius 2 is 2.05 bits per heavy atom. The van der Waals surface area contributed by atoms with Crippen molar-refractivity contribution < 1.29 is 4.74 Å². The Balaban J connectivity index is 1.68. The number of benzene rings is 1. The molecule has 5 atom stereocenters. The number of aryl methyl sites for hydroxylation is 1. The van der Waals surface area contributed by atoms with E-state index in [0.29, 0.717) is 10.7 Å². The van der Waals surface area contributed by atoms with E-state index >= 15 is 0 Å². The molecule has 0 aromatic heterocycles. The molecule has 0 spiro atoms. The first kappa shape index (κ1) is 14.0. The summed E-state index contributed by atoms with van der Waals surface area (Å²) in [6.07, 6.45) is 8.04. The number of methoxy groups -OCH3 is 1. The summed E-state index contributed by atoms with van der Waals surface area (Å²) in [7, 11) is 1.77. The van der Waals surface area contributed by atoms with Gasteiger partial charge in [-0.05, 0) is 85.0 Å². The number of ether oxygens (including phenoxy) is 1. The summed E-state index contributed by atoms with van der Waals surface area (Å²) >= 11 is 4.92. The largest absolute Gasteiger partial charge is 0.497 e. The summed E-state index contributed by atoms with van der Waals surface area (Å²) in [5.41, 5.74) is 3.66. The zero-order valence-corrected chi connectivity index (χ0v) is 14.0. The van der Waals surface area contributed by atoms with E-state index in [9.17, 15) is 0 Å². The molecule has 0 radical (unpaired) electrons. The van der Waals surface area contributed by atoms with Crippen LogP contribution in [-0.4, -0.2) is 12.4 Å². The van der Waals surface area contributed by atoms with Crippen molar-refractivity contribution in [1.82, 2.24) is 0 Å². The topological polar surface area (TPSA) is 9.23 Å². The van der Waals surface area contributed by atoms with Gasteiger partial charge in [-0.3, -0.25) is 0 Å². The standard InChI is InChI=1S/C19H26OS/c1-19-10-9-15-14-6-4-13(20-2)11-12(14)3-5-16(15)17(19)7-8-18(19)21/h4,6,11,15-18,21H,3,5,7-10H2,1-2H3/t15-,16-,17+,18?,19+/m1/s1. The minimum atomic E-state index is 0.494. The van der Waals surface area contributed by atoms with E-state index in [1.165, 1.54) is 38.5 Å². The summed E-state index contributed by atoms with van der Waals surface area (Å²) < 4.78 is 5.41. The van der Waals surface area contributed by atoms with Crippen LogP contribution in [0.3, 0.4) is 0 Å². The van der Waals surface area contributed by atoms with Crippen molar-refractivity contribution in [3.05, 3.63) is 29.3 Å². The molecule has 1 nitrogen and oxygen atoms in total. The number of rotatable bonds is 1. The van der Waals surface area contributed by atoms with Crippen LogP contribution in [-0.2, 0) is 6.42 Å². The third-order valence-corrected chi connectivity index (χ3v) is 7.73. The summed E-state index contributed by atoms with van der Waals surface area (Å²) in [6.45, 7) is 2.52. The van der Waals surface area contributed by atoms with Gasteiger partial charge in [0.2, 0.25) is 0 Å². The zero-order valence-electron chi connectivity index (χ0n) is 13.1. The highest BCUT2D eigenvalue weighted by Crippen LogP contribution is 2.62. The van der Waals surface area contributed by atoms with Crippen LogP contribution in [0.25, 0.3) is 0 Å². The lowest BCUT2D eigenvalue weighted by atomic mass is 9.56. The Kier molecular flexibility index (Phi) is 3.29. The second kappa shape index (κ2) is 4.94. The molecule has 0 aliphatic heterocycles. The maximum Gasteiger partial charge on any atom is 0.119 e. The Bertz CT molecular complexity index is 554. The number of fused-ring (bicyclic) bond motifs is 5. The van der Waals surface area contributed by atoms with Gasteiger partial charge in [0.05, 0.1) is 7.11 Å². The molecule has 21 heavy (non-hydrogen) atoms. The van der Waals surface area contributed by atoms with Crippen LogP contribution in [0, 0.1) is 17.3 Å². The molecule has 0 saturated heterocycles. The van der Waals surface area contributed by atoms with Crippen molar-refractivity contribution in [3.8, 4) is 5.75 Å². The molecular weight excluding hydrogens is 276 g/mol. The maximum atomic E-state index is 5.41. The lowest BCUT2D eigenvalue weighted by molar-refractivity contribution is 0.0633. The van der Waals surface area contributed by atoms with Gasteiger partial charge in [-0.2, -0.15) is 12.6 Å². The molecule has 1 aromatic rings. The molecule has 3 aliphatic rings. The summed E-state index contributed by atoms with van der Waals surface area (Å²) in [5, 5.41) is 0.626. The minimum Gasteiger partial charge on any atom is -0.497 e. The van der Waals surface area contributed by atoms with Crippen molar-refractivity contribution in [2.24, 2.45) is 17.3 Å². The van der Waals surface area contributed by atoms with E-state index < -0.39 is 0 Å². The highest BCUT2D eigenvalue weighted by Gasteiger charge is 2.53. The van der Waals surface area contributed by atoms with Gasteiger partial charge in [-0.15, -0.1) is 0 Å². The van der Waals surface area contributed by atoms with E-state index in [-0.39, 0.29) is 0 Å². The van der Waals surface area contributed by atoms with Crippen LogP contribution in [0.4, 0.5) is 0 Å². The molecule has 2 heteroatoms. The van der Waals surface area contributed by atoms with Crippen LogP contribution >= 0.6 is 12.6 Å². The number of thiol groups is 1. The van der Waals surface area contributed by atoms with Crippen LogP contribution in [0.15, 0.2) is 18.2 Å². The molecule has 0 heterocycles. The first-order valence-electron chi connectivity index (χ1n) is 8.48. The van der Waals surface area contributed by atoms with E-state index in [0.717, 1.165) is 23.5 Å². The first-order chi connectivity index (χ1) is 10.1. The van der Waals surface area contributed by atoms with Crippen molar-refractivity contribution in [2.45, 2.75) is 56.6 Å². The predicted octanol–water partition coefficient (Wildman–Crippen LogP) is 4.85. The maximum absolute atomic E-state index is 5.41. The van der Waals surface area contributed by atoms with Gasteiger partial charge >= 0.3 is 0 Å². The van der Waals surface area contributed by atoms with E-state index in [1.54, 1.807) is 18.2 Å². The molecule has 3 aliphatic carbocycles. The average Bonchev–Trinajstić information content (AvgIpc) is 2.82. The fourth-order valence-electron chi connectivity index (χ4n) is 5.66. The zero-order chi connectivity index (χ0) is 14.6. The van der Waals surface area contributed by atoms with E-state index in [4.69, 9.17) is 17.4 Å². The van der Waals surface area contributed by atoms with Gasteiger partial charge < -0.3 is 4.74 Å². The Morgan fingerprint density at radius 3 is 2.86 bits per heavy atom.